The van der Waals surface area contributed by atoms with Crippen LogP contribution in [0.5, 0.6) is 0 Å². The van der Waals surface area contributed by atoms with E-state index >= 15 is 0 Å². The van der Waals surface area contributed by atoms with Crippen LogP contribution in [0.2, 0.25) is 0 Å². The van der Waals surface area contributed by atoms with Crippen LogP contribution in [0.3, 0.4) is 0 Å². The predicted octanol–water partition coefficient (Wildman–Crippen LogP) is 1.97. The van der Waals surface area contributed by atoms with Crippen LogP contribution >= 0.6 is 11.8 Å². The minimum Gasteiger partial charge on any atom is -0.387 e. The Balaban J connectivity index is 1.89. The number of aliphatic hydroxyl groups excluding tert-OH is 1. The molecule has 2 rings (SSSR count). The Labute approximate surface area is 137 Å². The molecule has 0 bridgehead atoms. The number of amides is 1. The van der Waals surface area contributed by atoms with Crippen molar-refractivity contribution in [2.45, 2.75) is 32.4 Å². The second-order valence-corrected chi connectivity index (χ2v) is 6.94. The summed E-state index contributed by atoms with van der Waals surface area (Å²) >= 11 is 1.89. The van der Waals surface area contributed by atoms with Gasteiger partial charge in [-0.15, -0.1) is 0 Å². The number of aryl methyl sites for hydroxylation is 1. The number of rotatable bonds is 6. The summed E-state index contributed by atoms with van der Waals surface area (Å²) in [6, 6.07) is 8.09. The molecule has 1 aliphatic rings. The van der Waals surface area contributed by atoms with Crippen LogP contribution in [0.25, 0.3) is 0 Å². The number of carbonyl (C=O) groups excluding carboxylic acids is 1. The molecule has 2 atom stereocenters. The lowest BCUT2D eigenvalue weighted by atomic mass is 10.1. The number of hydrogen-bond donors (Lipinski definition) is 2. The molecule has 1 fully saturated rings. The van der Waals surface area contributed by atoms with Gasteiger partial charge in [0.05, 0.1) is 12.6 Å². The zero-order valence-corrected chi connectivity index (χ0v) is 14.2. The van der Waals surface area contributed by atoms with Crippen molar-refractivity contribution in [1.29, 1.82) is 0 Å². The fourth-order valence-electron chi connectivity index (χ4n) is 2.60. The molecule has 2 N–H and O–H groups in total. The lowest BCUT2D eigenvalue weighted by Crippen LogP contribution is -2.43. The van der Waals surface area contributed by atoms with Crippen LogP contribution in [-0.4, -0.2) is 53.1 Å². The van der Waals surface area contributed by atoms with Crippen molar-refractivity contribution >= 4 is 17.7 Å². The molecule has 1 heterocycles. The number of likely N-dealkylation sites (N-methyl/N-ethyl adjacent to an activating group) is 1. The molecule has 0 aliphatic carbocycles. The van der Waals surface area contributed by atoms with Gasteiger partial charge in [-0.3, -0.25) is 4.79 Å². The van der Waals surface area contributed by atoms with E-state index in [1.54, 1.807) is 4.90 Å². The maximum atomic E-state index is 12.4. The van der Waals surface area contributed by atoms with E-state index in [1.807, 2.05) is 49.9 Å². The number of aliphatic hydroxyl groups is 1. The van der Waals surface area contributed by atoms with Crippen LogP contribution in [0.15, 0.2) is 24.3 Å². The van der Waals surface area contributed by atoms with Crippen molar-refractivity contribution in [3.05, 3.63) is 35.4 Å². The molecule has 0 aromatic heterocycles. The average Bonchev–Trinajstić information content (AvgIpc) is 2.53. The lowest BCUT2D eigenvalue weighted by molar-refractivity contribution is -0.132. The van der Waals surface area contributed by atoms with Gasteiger partial charge in [0.1, 0.15) is 0 Å². The van der Waals surface area contributed by atoms with Gasteiger partial charge in [-0.1, -0.05) is 29.8 Å². The Hall–Kier alpha value is -1.04. The second-order valence-electron chi connectivity index (χ2n) is 5.79. The minimum absolute atomic E-state index is 0.119. The highest BCUT2D eigenvalue weighted by molar-refractivity contribution is 7.99. The Morgan fingerprint density at radius 2 is 2.18 bits per heavy atom. The normalized spacial score (nSPS) is 19.7. The van der Waals surface area contributed by atoms with E-state index in [0.717, 1.165) is 23.6 Å². The second kappa shape index (κ2) is 8.56. The predicted molar refractivity (Wildman–Crippen MR) is 92.1 cm³/mol. The summed E-state index contributed by atoms with van der Waals surface area (Å²) in [5.74, 6) is 2.23. The number of nitrogens with zero attached hydrogens (tertiary/aromatic N) is 1. The van der Waals surface area contributed by atoms with Gasteiger partial charge in [-0.05, 0) is 19.4 Å². The Morgan fingerprint density at radius 3 is 2.77 bits per heavy atom. The van der Waals surface area contributed by atoms with Crippen LogP contribution < -0.4 is 5.32 Å². The third-order valence-corrected chi connectivity index (χ3v) is 5.14. The highest BCUT2D eigenvalue weighted by Crippen LogP contribution is 2.17. The molecule has 1 aliphatic heterocycles. The van der Waals surface area contributed by atoms with Gasteiger partial charge in [0.15, 0.2) is 0 Å². The Bertz CT molecular complexity index is 472. The first kappa shape index (κ1) is 17.3. The molecule has 1 saturated heterocycles. The summed E-state index contributed by atoms with van der Waals surface area (Å²) in [5, 5.41) is 13.7. The zero-order chi connectivity index (χ0) is 15.9. The van der Waals surface area contributed by atoms with E-state index in [-0.39, 0.29) is 11.9 Å². The number of thioether (sulfide) groups is 1. The van der Waals surface area contributed by atoms with Gasteiger partial charge in [0, 0.05) is 37.1 Å². The average molecular weight is 322 g/mol. The molecule has 5 heteroatoms. The number of benzene rings is 1. The monoisotopic (exact) mass is 322 g/mol. The minimum atomic E-state index is -0.627. The van der Waals surface area contributed by atoms with Gasteiger partial charge < -0.3 is 15.3 Å². The molecule has 22 heavy (non-hydrogen) atoms. The van der Waals surface area contributed by atoms with E-state index in [9.17, 15) is 9.90 Å². The van der Waals surface area contributed by atoms with Gasteiger partial charge >= 0.3 is 0 Å². The third-order valence-electron chi connectivity index (χ3n) is 4.01. The Kier molecular flexibility index (Phi) is 6.73. The van der Waals surface area contributed by atoms with Crippen LogP contribution in [0.4, 0.5) is 0 Å². The summed E-state index contributed by atoms with van der Waals surface area (Å²) in [6.45, 7) is 5.94. The molecule has 122 valence electrons. The maximum Gasteiger partial charge on any atom is 0.224 e. The molecule has 2 unspecified atom stereocenters. The van der Waals surface area contributed by atoms with Crippen molar-refractivity contribution in [2.75, 3.05) is 31.1 Å². The van der Waals surface area contributed by atoms with Gasteiger partial charge in [0.2, 0.25) is 5.91 Å². The first-order valence-corrected chi connectivity index (χ1v) is 9.09. The van der Waals surface area contributed by atoms with Crippen molar-refractivity contribution < 1.29 is 9.90 Å². The molecule has 1 aromatic carbocycles. The van der Waals surface area contributed by atoms with E-state index in [0.29, 0.717) is 19.5 Å². The number of hydrogen-bond acceptors (Lipinski definition) is 4. The quantitative estimate of drug-likeness (QED) is 0.841. The SMILES string of the molecule is CCN(CC(O)c1ccc(C)cc1)C(=O)CC1CSCCN1. The molecule has 0 spiro atoms. The van der Waals surface area contributed by atoms with Crippen LogP contribution in [0.1, 0.15) is 30.6 Å². The smallest absolute Gasteiger partial charge is 0.224 e. The highest BCUT2D eigenvalue weighted by atomic mass is 32.2. The summed E-state index contributed by atoms with van der Waals surface area (Å²) in [4.78, 5) is 14.2. The molecule has 0 saturated carbocycles. The molecule has 1 amide bonds. The van der Waals surface area contributed by atoms with Gasteiger partial charge in [-0.2, -0.15) is 11.8 Å². The highest BCUT2D eigenvalue weighted by Gasteiger charge is 2.22. The van der Waals surface area contributed by atoms with Crippen LogP contribution in [-0.2, 0) is 4.79 Å². The first-order chi connectivity index (χ1) is 10.6. The summed E-state index contributed by atoms with van der Waals surface area (Å²) < 4.78 is 0. The van der Waals surface area contributed by atoms with Gasteiger partial charge in [-0.25, -0.2) is 0 Å². The largest absolute Gasteiger partial charge is 0.387 e. The van der Waals surface area contributed by atoms with E-state index in [1.165, 1.54) is 5.56 Å². The molecule has 0 radical (unpaired) electrons. The maximum absolute atomic E-state index is 12.4. The van der Waals surface area contributed by atoms with E-state index in [2.05, 4.69) is 5.32 Å². The number of carbonyl (C=O) groups is 1. The standard InChI is InChI=1S/C17H26N2O2S/c1-3-19(17(21)10-15-12-22-9-8-18-15)11-16(20)14-6-4-13(2)5-7-14/h4-7,15-16,18,20H,3,8-12H2,1-2H3. The summed E-state index contributed by atoms with van der Waals surface area (Å²) in [7, 11) is 0. The molecular weight excluding hydrogens is 296 g/mol. The van der Waals surface area contributed by atoms with Crippen molar-refractivity contribution in [3.63, 3.8) is 0 Å². The number of nitrogens with one attached hydrogen (secondary N) is 1. The topological polar surface area (TPSA) is 52.6 Å². The summed E-state index contributed by atoms with van der Waals surface area (Å²) in [6.07, 6.45) is -0.111. The van der Waals surface area contributed by atoms with Crippen molar-refractivity contribution in [2.24, 2.45) is 0 Å². The van der Waals surface area contributed by atoms with Crippen LogP contribution in [0, 0.1) is 6.92 Å². The van der Waals surface area contributed by atoms with Crippen molar-refractivity contribution in [3.8, 4) is 0 Å². The zero-order valence-electron chi connectivity index (χ0n) is 13.4. The first-order valence-electron chi connectivity index (χ1n) is 7.93. The molecule has 4 nitrogen and oxygen atoms in total. The van der Waals surface area contributed by atoms with Crippen molar-refractivity contribution in [1.82, 2.24) is 10.2 Å². The fourth-order valence-corrected chi connectivity index (χ4v) is 3.55. The summed E-state index contributed by atoms with van der Waals surface area (Å²) in [5.41, 5.74) is 2.03. The fraction of sp³-hybridized carbons (Fsp3) is 0.588. The third kappa shape index (κ3) is 5.00. The lowest BCUT2D eigenvalue weighted by Gasteiger charge is -2.28. The molecule has 1 aromatic rings. The van der Waals surface area contributed by atoms with E-state index in [4.69, 9.17) is 0 Å². The Morgan fingerprint density at radius 1 is 1.45 bits per heavy atom. The van der Waals surface area contributed by atoms with Gasteiger partial charge in [0.25, 0.3) is 0 Å². The molecular formula is C17H26N2O2S. The van der Waals surface area contributed by atoms with E-state index < -0.39 is 6.10 Å².